The van der Waals surface area contributed by atoms with Crippen molar-refractivity contribution < 1.29 is 0 Å². The van der Waals surface area contributed by atoms with Crippen molar-refractivity contribution >= 4 is 0 Å². The molecule has 0 spiro atoms. The number of rotatable bonds is 5. The minimum Gasteiger partial charge on any atom is -0.313 e. The lowest BCUT2D eigenvalue weighted by Gasteiger charge is -2.46. The van der Waals surface area contributed by atoms with Crippen molar-refractivity contribution in [2.45, 2.75) is 72.5 Å². The molecule has 0 aliphatic carbocycles. The van der Waals surface area contributed by atoms with Gasteiger partial charge in [-0.1, -0.05) is 27.7 Å². The number of piperidine rings is 1. The van der Waals surface area contributed by atoms with Crippen LogP contribution in [-0.4, -0.2) is 36.1 Å². The molecule has 0 radical (unpaired) electrons. The standard InChI is InChI=1S/C15H32N2/c1-7-15(16-8-2)14(6)17-10-11(3)9-12(4)13(17)5/h11-16H,7-10H2,1-6H3. The maximum absolute atomic E-state index is 3.64. The molecule has 1 fully saturated rings. The van der Waals surface area contributed by atoms with E-state index >= 15 is 0 Å². The third kappa shape index (κ3) is 3.69. The maximum Gasteiger partial charge on any atom is 0.0224 e. The Morgan fingerprint density at radius 1 is 1.24 bits per heavy atom. The molecule has 1 N–H and O–H groups in total. The molecule has 0 aromatic rings. The summed E-state index contributed by atoms with van der Waals surface area (Å²) in [6.07, 6.45) is 2.61. The van der Waals surface area contributed by atoms with Crippen LogP contribution in [0.5, 0.6) is 0 Å². The number of likely N-dealkylation sites (N-methyl/N-ethyl adjacent to an activating group) is 1. The maximum atomic E-state index is 3.64. The molecular weight excluding hydrogens is 208 g/mol. The van der Waals surface area contributed by atoms with Gasteiger partial charge >= 0.3 is 0 Å². The summed E-state index contributed by atoms with van der Waals surface area (Å²) in [7, 11) is 0. The minimum absolute atomic E-state index is 0.639. The molecule has 102 valence electrons. The molecule has 1 saturated heterocycles. The van der Waals surface area contributed by atoms with Gasteiger partial charge in [0.05, 0.1) is 0 Å². The van der Waals surface area contributed by atoms with E-state index in [-0.39, 0.29) is 0 Å². The normalized spacial score (nSPS) is 34.6. The van der Waals surface area contributed by atoms with Crippen molar-refractivity contribution in [3.05, 3.63) is 0 Å². The van der Waals surface area contributed by atoms with Crippen LogP contribution in [0.4, 0.5) is 0 Å². The van der Waals surface area contributed by atoms with Crippen LogP contribution < -0.4 is 5.32 Å². The molecule has 1 rings (SSSR count). The summed E-state index contributed by atoms with van der Waals surface area (Å²) in [5.74, 6) is 1.68. The SMILES string of the molecule is CCNC(CC)C(C)N1CC(C)CC(C)C1C. The number of hydrogen-bond acceptors (Lipinski definition) is 2. The van der Waals surface area contributed by atoms with Gasteiger partial charge in [0, 0.05) is 24.7 Å². The lowest BCUT2D eigenvalue weighted by molar-refractivity contribution is 0.0316. The fourth-order valence-corrected chi connectivity index (χ4v) is 3.45. The molecule has 1 aliphatic rings. The van der Waals surface area contributed by atoms with Gasteiger partial charge in [-0.15, -0.1) is 0 Å². The zero-order valence-corrected chi connectivity index (χ0v) is 12.7. The summed E-state index contributed by atoms with van der Waals surface area (Å²) >= 11 is 0. The molecule has 0 bridgehead atoms. The van der Waals surface area contributed by atoms with Gasteiger partial charge in [-0.25, -0.2) is 0 Å². The Labute approximate surface area is 108 Å². The molecule has 2 heteroatoms. The molecule has 17 heavy (non-hydrogen) atoms. The first kappa shape index (κ1) is 15.0. The highest BCUT2D eigenvalue weighted by Gasteiger charge is 2.33. The molecule has 0 aromatic heterocycles. The van der Waals surface area contributed by atoms with Gasteiger partial charge in [0.25, 0.3) is 0 Å². The Kier molecular flexibility index (Phi) is 5.94. The van der Waals surface area contributed by atoms with E-state index in [1.165, 1.54) is 19.4 Å². The number of nitrogens with one attached hydrogen (secondary N) is 1. The van der Waals surface area contributed by atoms with E-state index in [2.05, 4.69) is 51.8 Å². The van der Waals surface area contributed by atoms with E-state index in [9.17, 15) is 0 Å². The smallest absolute Gasteiger partial charge is 0.0224 e. The van der Waals surface area contributed by atoms with Crippen LogP contribution in [0.2, 0.25) is 0 Å². The van der Waals surface area contributed by atoms with Crippen LogP contribution in [0.25, 0.3) is 0 Å². The highest BCUT2D eigenvalue weighted by atomic mass is 15.2. The molecular formula is C15H32N2. The molecule has 1 heterocycles. The van der Waals surface area contributed by atoms with Crippen molar-refractivity contribution in [2.75, 3.05) is 13.1 Å². The second-order valence-corrected chi connectivity index (χ2v) is 6.07. The van der Waals surface area contributed by atoms with Crippen LogP contribution in [0.1, 0.15) is 54.4 Å². The van der Waals surface area contributed by atoms with Crippen LogP contribution >= 0.6 is 0 Å². The third-order valence-electron chi connectivity index (χ3n) is 4.65. The molecule has 0 saturated carbocycles. The van der Waals surface area contributed by atoms with E-state index < -0.39 is 0 Å². The lowest BCUT2D eigenvalue weighted by Crippen LogP contribution is -2.56. The number of nitrogens with zero attached hydrogens (tertiary/aromatic N) is 1. The second kappa shape index (κ2) is 6.75. The third-order valence-corrected chi connectivity index (χ3v) is 4.65. The fourth-order valence-electron chi connectivity index (χ4n) is 3.45. The van der Waals surface area contributed by atoms with Gasteiger partial charge in [-0.2, -0.15) is 0 Å². The Bertz CT molecular complexity index is 217. The van der Waals surface area contributed by atoms with E-state index in [1.54, 1.807) is 0 Å². The van der Waals surface area contributed by atoms with E-state index in [4.69, 9.17) is 0 Å². The van der Waals surface area contributed by atoms with Gasteiger partial charge in [-0.05, 0) is 45.1 Å². The van der Waals surface area contributed by atoms with Crippen LogP contribution in [0.15, 0.2) is 0 Å². The summed E-state index contributed by atoms with van der Waals surface area (Å²) in [6, 6.07) is 2.02. The van der Waals surface area contributed by atoms with Gasteiger partial charge < -0.3 is 5.32 Å². The summed E-state index contributed by atoms with van der Waals surface area (Å²) in [6.45, 7) is 16.5. The Balaban J connectivity index is 2.67. The highest BCUT2D eigenvalue weighted by Crippen LogP contribution is 2.29. The number of likely N-dealkylation sites (tertiary alicyclic amines) is 1. The quantitative estimate of drug-likeness (QED) is 0.794. The van der Waals surface area contributed by atoms with Gasteiger partial charge in [0.2, 0.25) is 0 Å². The molecule has 5 unspecified atom stereocenters. The zero-order valence-electron chi connectivity index (χ0n) is 12.7. The monoisotopic (exact) mass is 240 g/mol. The first-order valence-corrected chi connectivity index (χ1v) is 7.50. The van der Waals surface area contributed by atoms with Gasteiger partial charge in [0.15, 0.2) is 0 Å². The molecule has 0 amide bonds. The predicted octanol–water partition coefficient (Wildman–Crippen LogP) is 3.13. The van der Waals surface area contributed by atoms with Crippen LogP contribution in [-0.2, 0) is 0 Å². The van der Waals surface area contributed by atoms with Gasteiger partial charge in [0.1, 0.15) is 0 Å². The Morgan fingerprint density at radius 3 is 2.41 bits per heavy atom. The largest absolute Gasteiger partial charge is 0.313 e. The summed E-state index contributed by atoms with van der Waals surface area (Å²) in [4.78, 5) is 2.73. The Morgan fingerprint density at radius 2 is 1.88 bits per heavy atom. The topological polar surface area (TPSA) is 15.3 Å². The molecule has 5 atom stereocenters. The fraction of sp³-hybridized carbons (Fsp3) is 1.00. The molecule has 1 aliphatic heterocycles. The first-order valence-electron chi connectivity index (χ1n) is 7.50. The van der Waals surface area contributed by atoms with E-state index in [1.807, 2.05) is 0 Å². The number of hydrogen-bond donors (Lipinski definition) is 1. The van der Waals surface area contributed by atoms with E-state index in [0.29, 0.717) is 12.1 Å². The molecule has 2 nitrogen and oxygen atoms in total. The highest BCUT2D eigenvalue weighted by molar-refractivity contribution is 4.89. The summed E-state index contributed by atoms with van der Waals surface area (Å²) in [5, 5.41) is 3.64. The second-order valence-electron chi connectivity index (χ2n) is 6.07. The first-order chi connectivity index (χ1) is 8.01. The van der Waals surface area contributed by atoms with E-state index in [0.717, 1.165) is 24.4 Å². The van der Waals surface area contributed by atoms with Crippen molar-refractivity contribution in [1.82, 2.24) is 10.2 Å². The predicted molar refractivity (Wildman–Crippen MR) is 76.3 cm³/mol. The summed E-state index contributed by atoms with van der Waals surface area (Å²) in [5.41, 5.74) is 0. The van der Waals surface area contributed by atoms with Crippen molar-refractivity contribution in [3.63, 3.8) is 0 Å². The summed E-state index contributed by atoms with van der Waals surface area (Å²) < 4.78 is 0. The van der Waals surface area contributed by atoms with Crippen LogP contribution in [0, 0.1) is 11.8 Å². The van der Waals surface area contributed by atoms with Crippen molar-refractivity contribution in [3.8, 4) is 0 Å². The van der Waals surface area contributed by atoms with Crippen LogP contribution in [0.3, 0.4) is 0 Å². The minimum atomic E-state index is 0.639. The average molecular weight is 240 g/mol. The van der Waals surface area contributed by atoms with Crippen molar-refractivity contribution in [1.29, 1.82) is 0 Å². The Hall–Kier alpha value is -0.0800. The lowest BCUT2D eigenvalue weighted by atomic mass is 9.84. The average Bonchev–Trinajstić information content (AvgIpc) is 2.29. The zero-order chi connectivity index (χ0) is 13.0. The van der Waals surface area contributed by atoms with Crippen molar-refractivity contribution in [2.24, 2.45) is 11.8 Å². The van der Waals surface area contributed by atoms with Gasteiger partial charge in [-0.3, -0.25) is 4.90 Å². The molecule has 0 aromatic carbocycles.